The van der Waals surface area contributed by atoms with Gasteiger partial charge in [-0.1, -0.05) is 12.1 Å². The summed E-state index contributed by atoms with van der Waals surface area (Å²) in [5.74, 6) is -0.843. The first-order valence-electron chi connectivity index (χ1n) is 8.55. The molecule has 2 rings (SSSR count). The van der Waals surface area contributed by atoms with Gasteiger partial charge < -0.3 is 16.0 Å². The minimum absolute atomic E-state index is 0. The molecule has 5 nitrogen and oxygen atoms in total. The summed E-state index contributed by atoms with van der Waals surface area (Å²) in [5.41, 5.74) is 6.05. The minimum Gasteiger partial charge on any atom is -0.354 e. The molecule has 1 aromatic rings. The predicted molar refractivity (Wildman–Crippen MR) is 98.1 cm³/mol. The number of rotatable bonds is 6. The third-order valence-electron chi connectivity index (χ3n) is 4.54. The standard InChI is InChI=1S/C18H26FN3O2.ClH/c1-13(14-5-4-6-15(19)11-14)18(24)22-10-3-2-7-16(22)12-21-17(23)8-9-20;/h4-6,11,13,16H,2-3,7-10,12,20H2,1H3,(H,21,23);1H. The molecule has 1 heterocycles. The Hall–Kier alpha value is -1.66. The van der Waals surface area contributed by atoms with Crippen molar-refractivity contribution in [2.45, 2.75) is 44.6 Å². The molecule has 2 amide bonds. The molecule has 1 fully saturated rings. The van der Waals surface area contributed by atoms with E-state index in [4.69, 9.17) is 5.73 Å². The summed E-state index contributed by atoms with van der Waals surface area (Å²) in [6, 6.07) is 6.16. The molecule has 0 aromatic heterocycles. The van der Waals surface area contributed by atoms with Gasteiger partial charge in [-0.2, -0.15) is 0 Å². The number of benzene rings is 1. The van der Waals surface area contributed by atoms with E-state index in [0.717, 1.165) is 19.3 Å². The van der Waals surface area contributed by atoms with E-state index in [1.807, 2.05) is 4.90 Å². The number of likely N-dealkylation sites (tertiary alicyclic amines) is 1. The number of hydrogen-bond acceptors (Lipinski definition) is 3. The number of hydrogen-bond donors (Lipinski definition) is 2. The third-order valence-corrected chi connectivity index (χ3v) is 4.54. The number of piperidine rings is 1. The van der Waals surface area contributed by atoms with Crippen molar-refractivity contribution >= 4 is 24.2 Å². The summed E-state index contributed by atoms with van der Waals surface area (Å²) >= 11 is 0. The van der Waals surface area contributed by atoms with Gasteiger partial charge in [0.25, 0.3) is 0 Å². The Balaban J connectivity index is 0.00000312. The fraction of sp³-hybridized carbons (Fsp3) is 0.556. The summed E-state index contributed by atoms with van der Waals surface area (Å²) in [6.07, 6.45) is 3.15. The average Bonchev–Trinajstić information content (AvgIpc) is 2.59. The maximum atomic E-state index is 13.4. The molecule has 0 radical (unpaired) electrons. The van der Waals surface area contributed by atoms with Crippen LogP contribution in [0.2, 0.25) is 0 Å². The Morgan fingerprint density at radius 3 is 2.84 bits per heavy atom. The smallest absolute Gasteiger partial charge is 0.230 e. The van der Waals surface area contributed by atoms with Crippen LogP contribution in [-0.4, -0.2) is 42.4 Å². The summed E-state index contributed by atoms with van der Waals surface area (Å²) in [7, 11) is 0. The predicted octanol–water partition coefficient (Wildman–Crippen LogP) is 2.20. The van der Waals surface area contributed by atoms with Crippen molar-refractivity contribution in [2.24, 2.45) is 5.73 Å². The lowest BCUT2D eigenvalue weighted by Crippen LogP contribution is -2.50. The highest BCUT2D eigenvalue weighted by Crippen LogP contribution is 2.24. The Bertz CT molecular complexity index is 585. The maximum Gasteiger partial charge on any atom is 0.230 e. The summed E-state index contributed by atoms with van der Waals surface area (Å²) in [4.78, 5) is 26.3. The van der Waals surface area contributed by atoms with Crippen LogP contribution in [0.1, 0.15) is 44.1 Å². The topological polar surface area (TPSA) is 75.4 Å². The first-order chi connectivity index (χ1) is 11.5. The van der Waals surface area contributed by atoms with E-state index in [2.05, 4.69) is 5.32 Å². The van der Waals surface area contributed by atoms with Gasteiger partial charge in [-0.05, 0) is 43.9 Å². The highest BCUT2D eigenvalue weighted by molar-refractivity contribution is 5.85. The van der Waals surface area contributed by atoms with Crippen LogP contribution in [0.4, 0.5) is 4.39 Å². The zero-order valence-corrected chi connectivity index (χ0v) is 15.4. The van der Waals surface area contributed by atoms with Gasteiger partial charge in [-0.25, -0.2) is 4.39 Å². The number of carbonyl (C=O) groups excluding carboxylic acids is 2. The van der Waals surface area contributed by atoms with Crippen molar-refractivity contribution in [3.05, 3.63) is 35.6 Å². The first-order valence-corrected chi connectivity index (χ1v) is 8.55. The zero-order valence-electron chi connectivity index (χ0n) is 14.5. The van der Waals surface area contributed by atoms with Crippen LogP contribution in [0.5, 0.6) is 0 Å². The summed E-state index contributed by atoms with van der Waals surface area (Å²) in [5, 5.41) is 2.85. The van der Waals surface area contributed by atoms with Gasteiger partial charge in [0, 0.05) is 32.1 Å². The average molecular weight is 372 g/mol. The molecule has 1 aromatic carbocycles. The molecular formula is C18H27ClFN3O2. The lowest BCUT2D eigenvalue weighted by Gasteiger charge is -2.37. The Kier molecular flexibility index (Phi) is 8.86. The van der Waals surface area contributed by atoms with Gasteiger partial charge >= 0.3 is 0 Å². The van der Waals surface area contributed by atoms with Crippen LogP contribution in [0.25, 0.3) is 0 Å². The van der Waals surface area contributed by atoms with Crippen LogP contribution >= 0.6 is 12.4 Å². The molecule has 1 aliphatic heterocycles. The van der Waals surface area contributed by atoms with Gasteiger partial charge in [0.05, 0.1) is 5.92 Å². The molecule has 0 saturated carbocycles. The van der Waals surface area contributed by atoms with E-state index < -0.39 is 5.92 Å². The number of nitrogens with two attached hydrogens (primary N) is 1. The highest BCUT2D eigenvalue weighted by Gasteiger charge is 2.30. The minimum atomic E-state index is -0.402. The monoisotopic (exact) mass is 371 g/mol. The summed E-state index contributed by atoms with van der Waals surface area (Å²) in [6.45, 7) is 3.24. The van der Waals surface area contributed by atoms with Crippen molar-refractivity contribution in [1.82, 2.24) is 10.2 Å². The zero-order chi connectivity index (χ0) is 17.5. The molecular weight excluding hydrogens is 345 g/mol. The molecule has 0 spiro atoms. The number of carbonyl (C=O) groups is 2. The second-order valence-corrected chi connectivity index (χ2v) is 6.30. The quantitative estimate of drug-likeness (QED) is 0.804. The lowest BCUT2D eigenvalue weighted by molar-refractivity contribution is -0.136. The molecule has 25 heavy (non-hydrogen) atoms. The number of halogens is 2. The molecule has 140 valence electrons. The van der Waals surface area contributed by atoms with E-state index >= 15 is 0 Å². The normalized spacial score (nSPS) is 18.2. The van der Waals surface area contributed by atoms with Crippen molar-refractivity contribution in [2.75, 3.05) is 19.6 Å². The van der Waals surface area contributed by atoms with Crippen LogP contribution in [0.3, 0.4) is 0 Å². The van der Waals surface area contributed by atoms with E-state index in [9.17, 15) is 14.0 Å². The fourth-order valence-corrected chi connectivity index (χ4v) is 3.12. The maximum absolute atomic E-state index is 13.4. The Labute approximate surface area is 154 Å². The van der Waals surface area contributed by atoms with Gasteiger partial charge in [0.1, 0.15) is 5.82 Å². The highest BCUT2D eigenvalue weighted by atomic mass is 35.5. The summed E-state index contributed by atoms with van der Waals surface area (Å²) < 4.78 is 13.4. The van der Waals surface area contributed by atoms with E-state index in [1.54, 1.807) is 19.1 Å². The molecule has 1 aliphatic rings. The van der Waals surface area contributed by atoms with Crippen molar-refractivity contribution in [3.63, 3.8) is 0 Å². The third kappa shape index (κ3) is 5.97. The van der Waals surface area contributed by atoms with E-state index in [1.165, 1.54) is 12.1 Å². The molecule has 7 heteroatoms. The second kappa shape index (κ2) is 10.4. The lowest BCUT2D eigenvalue weighted by atomic mass is 9.95. The van der Waals surface area contributed by atoms with Gasteiger partial charge in [-0.3, -0.25) is 9.59 Å². The molecule has 2 unspecified atom stereocenters. The van der Waals surface area contributed by atoms with Crippen molar-refractivity contribution in [3.8, 4) is 0 Å². The largest absolute Gasteiger partial charge is 0.354 e. The molecule has 1 saturated heterocycles. The number of amides is 2. The van der Waals surface area contributed by atoms with Crippen LogP contribution < -0.4 is 11.1 Å². The molecule has 3 N–H and O–H groups in total. The van der Waals surface area contributed by atoms with Gasteiger partial charge in [-0.15, -0.1) is 12.4 Å². The number of nitrogens with zero attached hydrogens (tertiary/aromatic N) is 1. The fourth-order valence-electron chi connectivity index (χ4n) is 3.12. The van der Waals surface area contributed by atoms with Crippen LogP contribution in [0.15, 0.2) is 24.3 Å². The van der Waals surface area contributed by atoms with Crippen LogP contribution in [0, 0.1) is 5.82 Å². The Morgan fingerprint density at radius 2 is 2.16 bits per heavy atom. The van der Waals surface area contributed by atoms with Gasteiger partial charge in [0.2, 0.25) is 11.8 Å². The van der Waals surface area contributed by atoms with Crippen LogP contribution in [-0.2, 0) is 9.59 Å². The molecule has 2 atom stereocenters. The first kappa shape index (κ1) is 21.4. The molecule has 0 bridgehead atoms. The van der Waals surface area contributed by atoms with E-state index in [0.29, 0.717) is 31.6 Å². The number of nitrogens with one attached hydrogen (secondary N) is 1. The van der Waals surface area contributed by atoms with Crippen molar-refractivity contribution in [1.29, 1.82) is 0 Å². The Morgan fingerprint density at radius 1 is 1.40 bits per heavy atom. The van der Waals surface area contributed by atoms with E-state index in [-0.39, 0.29) is 36.1 Å². The SMILES string of the molecule is CC(C(=O)N1CCCCC1CNC(=O)CCN)c1cccc(F)c1.Cl. The molecule has 0 aliphatic carbocycles. The van der Waals surface area contributed by atoms with Gasteiger partial charge in [0.15, 0.2) is 0 Å². The second-order valence-electron chi connectivity index (χ2n) is 6.30. The van der Waals surface area contributed by atoms with Crippen molar-refractivity contribution < 1.29 is 14.0 Å².